The molecule has 0 aliphatic carbocycles. The molecule has 0 radical (unpaired) electrons. The van der Waals surface area contributed by atoms with Crippen LogP contribution in [0.25, 0.3) is 0 Å². The Bertz CT molecular complexity index is 403. The third-order valence-corrected chi connectivity index (χ3v) is 1.77. The van der Waals surface area contributed by atoms with Crippen molar-refractivity contribution in [2.45, 2.75) is 0 Å². The number of carbonyl (C=O) groups is 2. The molecular formula is C12H11NO3. The first-order chi connectivity index (χ1) is 7.76. The van der Waals surface area contributed by atoms with Crippen LogP contribution < -0.4 is 10.1 Å². The molecule has 0 spiro atoms. The van der Waals surface area contributed by atoms with Crippen molar-refractivity contribution in [2.24, 2.45) is 0 Å². The van der Waals surface area contributed by atoms with Crippen LogP contribution in [0.5, 0.6) is 5.75 Å². The van der Waals surface area contributed by atoms with Gasteiger partial charge in [-0.25, -0.2) is 0 Å². The second kappa shape index (κ2) is 6.25. The first-order valence-electron chi connectivity index (χ1n) is 4.64. The highest BCUT2D eigenvalue weighted by atomic mass is 16.5. The third-order valence-electron chi connectivity index (χ3n) is 1.77. The summed E-state index contributed by atoms with van der Waals surface area (Å²) >= 11 is 0. The molecule has 0 unspecified atom stereocenters. The predicted molar refractivity (Wildman–Crippen MR) is 59.2 cm³/mol. The molecule has 0 bridgehead atoms. The topological polar surface area (TPSA) is 55.4 Å². The van der Waals surface area contributed by atoms with Gasteiger partial charge >= 0.3 is 0 Å². The Hall–Kier alpha value is -2.28. The van der Waals surface area contributed by atoms with Crippen molar-refractivity contribution < 1.29 is 14.3 Å². The van der Waals surface area contributed by atoms with Gasteiger partial charge in [0.1, 0.15) is 12.0 Å². The second-order valence-corrected chi connectivity index (χ2v) is 2.96. The van der Waals surface area contributed by atoms with E-state index in [-0.39, 0.29) is 19.1 Å². The van der Waals surface area contributed by atoms with Crippen molar-refractivity contribution >= 4 is 12.2 Å². The van der Waals surface area contributed by atoms with Crippen molar-refractivity contribution in [3.05, 3.63) is 29.8 Å². The predicted octanol–water partition coefficient (Wildman–Crippen LogP) is 0.627. The normalized spacial score (nSPS) is 8.94. The Morgan fingerprint density at radius 1 is 1.44 bits per heavy atom. The van der Waals surface area contributed by atoms with E-state index in [1.165, 1.54) is 0 Å². The maximum atomic E-state index is 11.1. The van der Waals surface area contributed by atoms with E-state index >= 15 is 0 Å². The van der Waals surface area contributed by atoms with Crippen LogP contribution in [0.1, 0.15) is 10.4 Å². The molecule has 4 heteroatoms. The highest BCUT2D eigenvalue weighted by Crippen LogP contribution is 2.10. The van der Waals surface area contributed by atoms with Gasteiger partial charge in [-0.3, -0.25) is 9.59 Å². The van der Waals surface area contributed by atoms with E-state index in [0.29, 0.717) is 11.3 Å². The molecule has 0 aromatic heterocycles. The van der Waals surface area contributed by atoms with Crippen LogP contribution in [0, 0.1) is 12.3 Å². The number of benzene rings is 1. The molecule has 1 N–H and O–H groups in total. The van der Waals surface area contributed by atoms with Crippen LogP contribution in [0.3, 0.4) is 0 Å². The zero-order valence-electron chi connectivity index (χ0n) is 8.60. The second-order valence-electron chi connectivity index (χ2n) is 2.96. The summed E-state index contributed by atoms with van der Waals surface area (Å²) in [5.74, 6) is 2.53. The summed E-state index contributed by atoms with van der Waals surface area (Å²) in [6.45, 7) is 0.0917. The highest BCUT2D eigenvalue weighted by molar-refractivity contribution is 5.78. The summed E-state index contributed by atoms with van der Waals surface area (Å²) in [7, 11) is 0. The number of rotatable bonds is 5. The number of terminal acetylenes is 1. The maximum absolute atomic E-state index is 11.1. The highest BCUT2D eigenvalue weighted by Gasteiger charge is 2.00. The first-order valence-corrected chi connectivity index (χ1v) is 4.64. The van der Waals surface area contributed by atoms with Crippen molar-refractivity contribution in [1.82, 2.24) is 5.32 Å². The largest absolute Gasteiger partial charge is 0.484 e. The molecular weight excluding hydrogens is 206 g/mol. The zero-order chi connectivity index (χ0) is 11.8. The van der Waals surface area contributed by atoms with E-state index in [0.717, 1.165) is 6.29 Å². The average molecular weight is 217 g/mol. The molecule has 1 aromatic carbocycles. The third kappa shape index (κ3) is 3.84. The van der Waals surface area contributed by atoms with Crippen molar-refractivity contribution in [2.75, 3.05) is 13.2 Å². The lowest BCUT2D eigenvalue weighted by molar-refractivity contribution is -0.122. The minimum atomic E-state index is -0.280. The minimum Gasteiger partial charge on any atom is -0.484 e. The Kier molecular flexibility index (Phi) is 4.61. The van der Waals surface area contributed by atoms with Gasteiger partial charge in [-0.05, 0) is 24.3 Å². The van der Waals surface area contributed by atoms with Gasteiger partial charge in [0.25, 0.3) is 5.91 Å². The maximum Gasteiger partial charge on any atom is 0.258 e. The lowest BCUT2D eigenvalue weighted by atomic mass is 10.2. The number of nitrogens with one attached hydrogen (secondary N) is 1. The number of amides is 1. The summed E-state index contributed by atoms with van der Waals surface area (Å²) in [6, 6.07) is 6.47. The molecule has 0 saturated heterocycles. The fraction of sp³-hybridized carbons (Fsp3) is 0.167. The zero-order valence-corrected chi connectivity index (χ0v) is 8.60. The molecule has 1 rings (SSSR count). The van der Waals surface area contributed by atoms with E-state index in [4.69, 9.17) is 11.2 Å². The van der Waals surface area contributed by atoms with E-state index < -0.39 is 0 Å². The van der Waals surface area contributed by atoms with E-state index in [1.54, 1.807) is 24.3 Å². The van der Waals surface area contributed by atoms with Gasteiger partial charge in [-0.1, -0.05) is 5.92 Å². The van der Waals surface area contributed by atoms with E-state index in [1.807, 2.05) is 0 Å². The quantitative estimate of drug-likeness (QED) is 0.581. The SMILES string of the molecule is C#CCNC(=O)COc1ccc(C=O)cc1. The number of ether oxygens (including phenoxy) is 1. The molecule has 16 heavy (non-hydrogen) atoms. The van der Waals surface area contributed by atoms with Crippen LogP contribution in [0.15, 0.2) is 24.3 Å². The molecule has 0 heterocycles. The van der Waals surface area contributed by atoms with Crippen LogP contribution in [-0.4, -0.2) is 25.3 Å². The van der Waals surface area contributed by atoms with E-state index in [2.05, 4.69) is 11.2 Å². The van der Waals surface area contributed by atoms with Crippen LogP contribution in [0.4, 0.5) is 0 Å². The first kappa shape index (κ1) is 11.8. The molecule has 4 nitrogen and oxygen atoms in total. The Morgan fingerprint density at radius 2 is 2.12 bits per heavy atom. The molecule has 1 aromatic rings. The van der Waals surface area contributed by atoms with Gasteiger partial charge in [0.15, 0.2) is 6.61 Å². The molecule has 82 valence electrons. The minimum absolute atomic E-state index is 0.0951. The van der Waals surface area contributed by atoms with Gasteiger partial charge in [0, 0.05) is 5.56 Å². The smallest absolute Gasteiger partial charge is 0.258 e. The summed E-state index contributed by atoms with van der Waals surface area (Å²) < 4.78 is 5.17. The Labute approximate surface area is 93.6 Å². The molecule has 0 saturated carbocycles. The average Bonchev–Trinajstić information content (AvgIpc) is 2.34. The molecule has 0 aliphatic heterocycles. The van der Waals surface area contributed by atoms with Crippen molar-refractivity contribution in [3.63, 3.8) is 0 Å². The molecule has 0 fully saturated rings. The fourth-order valence-electron chi connectivity index (χ4n) is 0.992. The fourth-order valence-corrected chi connectivity index (χ4v) is 0.992. The number of carbonyl (C=O) groups excluding carboxylic acids is 2. The molecule has 0 aliphatic rings. The standard InChI is InChI=1S/C12H11NO3/c1-2-7-13-12(15)9-16-11-5-3-10(8-14)4-6-11/h1,3-6,8H,7,9H2,(H,13,15). The van der Waals surface area contributed by atoms with Crippen LogP contribution >= 0.6 is 0 Å². The summed E-state index contributed by atoms with van der Waals surface area (Å²) in [4.78, 5) is 21.5. The summed E-state index contributed by atoms with van der Waals surface area (Å²) in [6.07, 6.45) is 5.72. The van der Waals surface area contributed by atoms with Crippen molar-refractivity contribution in [1.29, 1.82) is 0 Å². The summed E-state index contributed by atoms with van der Waals surface area (Å²) in [5, 5.41) is 2.47. The lowest BCUT2D eigenvalue weighted by Gasteiger charge is -2.05. The van der Waals surface area contributed by atoms with Gasteiger partial charge in [-0.15, -0.1) is 6.42 Å². The van der Waals surface area contributed by atoms with Crippen LogP contribution in [-0.2, 0) is 4.79 Å². The Morgan fingerprint density at radius 3 is 2.69 bits per heavy atom. The van der Waals surface area contributed by atoms with Gasteiger partial charge in [-0.2, -0.15) is 0 Å². The monoisotopic (exact) mass is 217 g/mol. The van der Waals surface area contributed by atoms with Crippen molar-refractivity contribution in [3.8, 4) is 18.1 Å². The number of hydrogen-bond donors (Lipinski definition) is 1. The van der Waals surface area contributed by atoms with Gasteiger partial charge in [0.05, 0.1) is 6.54 Å². The lowest BCUT2D eigenvalue weighted by Crippen LogP contribution is -2.28. The molecule has 1 amide bonds. The Balaban J connectivity index is 2.39. The molecule has 0 atom stereocenters. The van der Waals surface area contributed by atoms with Gasteiger partial charge in [0.2, 0.25) is 0 Å². The van der Waals surface area contributed by atoms with E-state index in [9.17, 15) is 9.59 Å². The number of aldehydes is 1. The van der Waals surface area contributed by atoms with Crippen LogP contribution in [0.2, 0.25) is 0 Å². The van der Waals surface area contributed by atoms with Gasteiger partial charge < -0.3 is 10.1 Å². The number of hydrogen-bond acceptors (Lipinski definition) is 3. The summed E-state index contributed by atoms with van der Waals surface area (Å²) in [5.41, 5.74) is 0.559.